The zero-order chi connectivity index (χ0) is 29.5. The molecule has 0 spiro atoms. The van der Waals surface area contributed by atoms with E-state index >= 15 is 0 Å². The predicted molar refractivity (Wildman–Crippen MR) is 141 cm³/mol. The Kier molecular flexibility index (Phi) is 7.66. The molecular formula is C28H29F6N7. The van der Waals surface area contributed by atoms with Crippen LogP contribution in [0.4, 0.5) is 32.3 Å². The summed E-state index contributed by atoms with van der Waals surface area (Å²) in [6, 6.07) is 11.4. The molecule has 218 valence electrons. The quantitative estimate of drug-likeness (QED) is 0.222. The molecule has 41 heavy (non-hydrogen) atoms. The molecule has 0 bridgehead atoms. The van der Waals surface area contributed by atoms with Crippen LogP contribution in [0.15, 0.2) is 48.5 Å². The van der Waals surface area contributed by atoms with Gasteiger partial charge in [0, 0.05) is 30.6 Å². The van der Waals surface area contributed by atoms with Crippen LogP contribution in [0.25, 0.3) is 10.9 Å². The van der Waals surface area contributed by atoms with Gasteiger partial charge in [0.2, 0.25) is 0 Å². The summed E-state index contributed by atoms with van der Waals surface area (Å²) < 4.78 is 81.5. The van der Waals surface area contributed by atoms with E-state index in [4.69, 9.17) is 4.98 Å². The predicted octanol–water partition coefficient (Wildman–Crippen LogP) is 6.55. The normalized spacial score (nSPS) is 15.4. The number of pyridine rings is 1. The van der Waals surface area contributed by atoms with Crippen LogP contribution < -0.4 is 4.90 Å². The van der Waals surface area contributed by atoms with E-state index in [1.54, 1.807) is 0 Å². The minimum Gasteiger partial charge on any atom is -0.329 e. The monoisotopic (exact) mass is 577 g/mol. The molecule has 5 rings (SSSR count). The van der Waals surface area contributed by atoms with Crippen molar-refractivity contribution in [2.75, 3.05) is 11.9 Å². The van der Waals surface area contributed by atoms with E-state index in [2.05, 4.69) is 20.3 Å². The molecule has 1 atom stereocenters. The second-order valence-corrected chi connectivity index (χ2v) is 10.5. The van der Waals surface area contributed by atoms with Gasteiger partial charge in [0.25, 0.3) is 5.95 Å². The van der Waals surface area contributed by atoms with Gasteiger partial charge in [0.1, 0.15) is 0 Å². The van der Waals surface area contributed by atoms with E-state index < -0.39 is 23.5 Å². The standard InChI is InChI=1S/C28H29F6N7/c1-17(39(2)23-8-6-9-23)25-20(13-19-7-4-5-10-24(19)35-25)16-41(26-36-38-40(3)37-26)15-18-11-21(27(29,30)31)14-22(12-18)28(32,33)34/h4-5,7,10-14,17,23H,6,8-9,15-16H2,1-3H3. The first-order valence-corrected chi connectivity index (χ1v) is 13.2. The van der Waals surface area contributed by atoms with Gasteiger partial charge in [-0.05, 0) is 73.5 Å². The van der Waals surface area contributed by atoms with E-state index in [1.807, 2.05) is 44.3 Å². The van der Waals surface area contributed by atoms with Crippen LogP contribution in [0.3, 0.4) is 0 Å². The highest BCUT2D eigenvalue weighted by Crippen LogP contribution is 2.37. The molecule has 2 aromatic carbocycles. The summed E-state index contributed by atoms with van der Waals surface area (Å²) >= 11 is 0. The number of nitrogens with zero attached hydrogens (tertiary/aromatic N) is 7. The lowest BCUT2D eigenvalue weighted by molar-refractivity contribution is -0.143. The lowest BCUT2D eigenvalue weighted by atomic mass is 9.90. The largest absolute Gasteiger partial charge is 0.416 e. The molecule has 13 heteroatoms. The van der Waals surface area contributed by atoms with Gasteiger partial charge >= 0.3 is 12.4 Å². The van der Waals surface area contributed by atoms with E-state index in [-0.39, 0.29) is 36.7 Å². The van der Waals surface area contributed by atoms with Gasteiger partial charge in [0.05, 0.1) is 29.4 Å². The number of alkyl halides is 6. The van der Waals surface area contributed by atoms with Crippen LogP contribution >= 0.6 is 0 Å². The molecule has 0 amide bonds. The lowest BCUT2D eigenvalue weighted by Crippen LogP contribution is -2.39. The lowest BCUT2D eigenvalue weighted by Gasteiger charge is -2.39. The number of para-hydroxylation sites is 1. The van der Waals surface area contributed by atoms with Crippen LogP contribution in [0, 0.1) is 0 Å². The van der Waals surface area contributed by atoms with Crippen LogP contribution in [0.1, 0.15) is 60.2 Å². The Labute approximate surface area is 232 Å². The Morgan fingerprint density at radius 2 is 1.61 bits per heavy atom. The zero-order valence-electron chi connectivity index (χ0n) is 22.7. The summed E-state index contributed by atoms with van der Waals surface area (Å²) in [4.78, 5) is 9.93. The average Bonchev–Trinajstić information content (AvgIpc) is 3.31. The van der Waals surface area contributed by atoms with Crippen molar-refractivity contribution in [2.45, 2.75) is 63.7 Å². The molecule has 2 heterocycles. The van der Waals surface area contributed by atoms with Gasteiger partial charge in [0.15, 0.2) is 0 Å². The van der Waals surface area contributed by atoms with Gasteiger partial charge in [-0.25, -0.2) is 0 Å². The first-order valence-electron chi connectivity index (χ1n) is 13.2. The minimum atomic E-state index is -4.96. The van der Waals surface area contributed by atoms with Gasteiger partial charge in [-0.1, -0.05) is 29.7 Å². The highest BCUT2D eigenvalue weighted by molar-refractivity contribution is 5.79. The van der Waals surface area contributed by atoms with Gasteiger partial charge in [-0.15, -0.1) is 5.10 Å². The van der Waals surface area contributed by atoms with Gasteiger partial charge in [-0.2, -0.15) is 31.1 Å². The summed E-state index contributed by atoms with van der Waals surface area (Å²) in [5.74, 6) is 0.0672. The molecule has 0 N–H and O–H groups in total. The maximum Gasteiger partial charge on any atom is 0.416 e. The van der Waals surface area contributed by atoms with Crippen molar-refractivity contribution in [1.29, 1.82) is 0 Å². The number of fused-ring (bicyclic) bond motifs is 1. The third-order valence-corrected chi connectivity index (χ3v) is 7.66. The number of tetrazole rings is 1. The molecule has 4 aromatic rings. The van der Waals surface area contributed by atoms with E-state index in [0.717, 1.165) is 53.6 Å². The van der Waals surface area contributed by atoms with E-state index in [0.29, 0.717) is 6.04 Å². The fourth-order valence-electron chi connectivity index (χ4n) is 5.10. The van der Waals surface area contributed by atoms with Gasteiger partial charge < -0.3 is 4.90 Å². The number of aromatic nitrogens is 5. The Morgan fingerprint density at radius 3 is 2.17 bits per heavy atom. The zero-order valence-corrected chi connectivity index (χ0v) is 22.7. The van der Waals surface area contributed by atoms with Crippen molar-refractivity contribution in [2.24, 2.45) is 7.05 Å². The van der Waals surface area contributed by atoms with Crippen molar-refractivity contribution in [1.82, 2.24) is 30.1 Å². The Morgan fingerprint density at radius 1 is 0.951 bits per heavy atom. The smallest absolute Gasteiger partial charge is 0.329 e. The number of aryl methyl sites for hydroxylation is 1. The van der Waals surface area contributed by atoms with Crippen LogP contribution in [0.5, 0.6) is 0 Å². The molecular weight excluding hydrogens is 548 g/mol. The Balaban J connectivity index is 1.58. The second-order valence-electron chi connectivity index (χ2n) is 10.5. The number of benzene rings is 2. The van der Waals surface area contributed by atoms with Gasteiger partial charge in [-0.3, -0.25) is 9.88 Å². The number of hydrogen-bond donors (Lipinski definition) is 0. The second kappa shape index (κ2) is 10.9. The number of halogens is 6. The molecule has 1 aliphatic carbocycles. The highest BCUT2D eigenvalue weighted by atomic mass is 19.4. The molecule has 1 unspecified atom stereocenters. The highest BCUT2D eigenvalue weighted by Gasteiger charge is 2.37. The summed E-state index contributed by atoms with van der Waals surface area (Å²) in [5.41, 5.74) is -0.618. The maximum absolute atomic E-state index is 13.6. The van der Waals surface area contributed by atoms with E-state index in [1.165, 1.54) is 16.7 Å². The summed E-state index contributed by atoms with van der Waals surface area (Å²) in [6.45, 7) is 1.81. The topological polar surface area (TPSA) is 63.0 Å². The van der Waals surface area contributed by atoms with Crippen LogP contribution in [-0.4, -0.2) is 43.2 Å². The fourth-order valence-corrected chi connectivity index (χ4v) is 5.10. The van der Waals surface area contributed by atoms with Crippen molar-refractivity contribution in [3.05, 3.63) is 76.5 Å². The maximum atomic E-state index is 13.6. The first kappa shape index (κ1) is 28.8. The number of rotatable bonds is 8. The molecule has 1 fully saturated rings. The van der Waals surface area contributed by atoms with Crippen molar-refractivity contribution < 1.29 is 26.3 Å². The SMILES string of the molecule is CC(c1nc2ccccc2cc1CN(Cc1cc(C(F)(F)F)cc(C(F)(F)F)c1)c1nnn(C)n1)N(C)C1CCC1. The number of hydrogen-bond acceptors (Lipinski definition) is 6. The average molecular weight is 578 g/mol. The fraction of sp³-hybridized carbons (Fsp3) is 0.429. The summed E-state index contributed by atoms with van der Waals surface area (Å²) in [6.07, 6.45) is -6.60. The third-order valence-electron chi connectivity index (χ3n) is 7.66. The van der Waals surface area contributed by atoms with Crippen LogP contribution in [0.2, 0.25) is 0 Å². The Bertz CT molecular complexity index is 1490. The molecule has 2 aromatic heterocycles. The third kappa shape index (κ3) is 6.29. The van der Waals surface area contributed by atoms with E-state index in [9.17, 15) is 26.3 Å². The van der Waals surface area contributed by atoms with Crippen molar-refractivity contribution in [3.63, 3.8) is 0 Å². The molecule has 0 radical (unpaired) electrons. The molecule has 1 aliphatic rings. The molecule has 0 aliphatic heterocycles. The molecule has 1 saturated carbocycles. The van der Waals surface area contributed by atoms with Crippen molar-refractivity contribution in [3.8, 4) is 0 Å². The molecule has 0 saturated heterocycles. The number of anilines is 1. The van der Waals surface area contributed by atoms with Crippen molar-refractivity contribution >= 4 is 16.9 Å². The minimum absolute atomic E-state index is 0.0672. The Hall–Kier alpha value is -3.74. The van der Waals surface area contributed by atoms with Crippen LogP contribution in [-0.2, 0) is 32.5 Å². The molecule has 7 nitrogen and oxygen atoms in total. The first-order chi connectivity index (χ1) is 19.3. The summed E-state index contributed by atoms with van der Waals surface area (Å²) in [5, 5.41) is 12.9. The summed E-state index contributed by atoms with van der Waals surface area (Å²) in [7, 11) is 3.57.